The van der Waals surface area contributed by atoms with Crippen molar-refractivity contribution < 1.29 is 19.1 Å². The van der Waals surface area contributed by atoms with E-state index in [-0.39, 0.29) is 17.2 Å². The van der Waals surface area contributed by atoms with E-state index in [9.17, 15) is 9.59 Å². The van der Waals surface area contributed by atoms with Gasteiger partial charge in [0.2, 0.25) is 0 Å². The van der Waals surface area contributed by atoms with E-state index < -0.39 is 0 Å². The number of anilines is 1. The quantitative estimate of drug-likeness (QED) is 0.266. The van der Waals surface area contributed by atoms with Gasteiger partial charge in [0.25, 0.3) is 11.8 Å². The van der Waals surface area contributed by atoms with E-state index in [2.05, 4.69) is 36.4 Å². The number of hydrogen-bond donors (Lipinski definition) is 2. The van der Waals surface area contributed by atoms with Crippen molar-refractivity contribution in [3.63, 3.8) is 0 Å². The highest BCUT2D eigenvalue weighted by atomic mass is 16.5. The number of methoxy groups -OCH3 is 2. The van der Waals surface area contributed by atoms with Crippen molar-refractivity contribution in [3.05, 3.63) is 107 Å². The van der Waals surface area contributed by atoms with Gasteiger partial charge in [-0.2, -0.15) is 0 Å². The Hall–Kier alpha value is -4.65. The van der Waals surface area contributed by atoms with Crippen molar-refractivity contribution in [2.75, 3.05) is 19.5 Å². The van der Waals surface area contributed by atoms with Crippen LogP contribution in [0.3, 0.4) is 0 Å². The minimum atomic E-state index is -0.275. The molecule has 0 saturated carbocycles. The molecule has 7 nitrogen and oxygen atoms in total. The number of pyridine rings is 1. The first-order valence-electron chi connectivity index (χ1n) is 13.1. The molecule has 1 heterocycles. The van der Waals surface area contributed by atoms with Crippen LogP contribution < -0.4 is 20.1 Å². The summed E-state index contributed by atoms with van der Waals surface area (Å²) in [6.45, 7) is 8.60. The third-order valence-electron chi connectivity index (χ3n) is 6.70. The molecule has 0 radical (unpaired) electrons. The van der Waals surface area contributed by atoms with Crippen LogP contribution in [0.2, 0.25) is 0 Å². The highest BCUT2D eigenvalue weighted by Crippen LogP contribution is 2.30. The number of nitrogens with one attached hydrogen (secondary N) is 2. The summed E-state index contributed by atoms with van der Waals surface area (Å²) < 4.78 is 10.7. The van der Waals surface area contributed by atoms with Gasteiger partial charge in [0.15, 0.2) is 0 Å². The van der Waals surface area contributed by atoms with Crippen molar-refractivity contribution in [2.24, 2.45) is 0 Å². The van der Waals surface area contributed by atoms with E-state index in [1.54, 1.807) is 32.5 Å². The van der Waals surface area contributed by atoms with Gasteiger partial charge in [-0.25, -0.2) is 0 Å². The van der Waals surface area contributed by atoms with Crippen LogP contribution in [0.5, 0.6) is 11.5 Å². The number of rotatable bonds is 8. The van der Waals surface area contributed by atoms with Gasteiger partial charge >= 0.3 is 0 Å². The Bertz CT molecular complexity index is 1520. The van der Waals surface area contributed by atoms with Crippen LogP contribution in [-0.2, 0) is 12.0 Å². The number of ether oxygens (including phenoxy) is 2. The molecule has 0 atom stereocenters. The van der Waals surface area contributed by atoms with Gasteiger partial charge in [0, 0.05) is 23.4 Å². The lowest BCUT2D eigenvalue weighted by Gasteiger charge is -2.21. The van der Waals surface area contributed by atoms with E-state index in [1.807, 2.05) is 67.6 Å². The number of benzene rings is 3. The molecule has 0 spiro atoms. The van der Waals surface area contributed by atoms with Crippen molar-refractivity contribution in [3.8, 4) is 22.6 Å². The Labute approximate surface area is 235 Å². The second kappa shape index (κ2) is 12.0. The van der Waals surface area contributed by atoms with Gasteiger partial charge in [0.1, 0.15) is 11.5 Å². The minimum absolute atomic E-state index is 0.113. The molecule has 4 aromatic rings. The monoisotopic (exact) mass is 537 g/mol. The highest BCUT2D eigenvalue weighted by molar-refractivity contribution is 6.06. The molecule has 4 rings (SSSR count). The van der Waals surface area contributed by atoms with E-state index in [0.717, 1.165) is 33.7 Å². The number of carbonyl (C=O) groups excluding carboxylic acids is 2. The number of carbonyl (C=O) groups is 2. The molecule has 3 aromatic carbocycles. The summed E-state index contributed by atoms with van der Waals surface area (Å²) in [5.41, 5.74) is 6.00. The summed E-state index contributed by atoms with van der Waals surface area (Å²) in [5, 5.41) is 5.91. The molecule has 40 heavy (non-hydrogen) atoms. The first kappa shape index (κ1) is 28.4. The summed E-state index contributed by atoms with van der Waals surface area (Å²) in [4.78, 5) is 30.5. The van der Waals surface area contributed by atoms with Crippen LogP contribution in [0.4, 0.5) is 5.69 Å². The van der Waals surface area contributed by atoms with Crippen molar-refractivity contribution in [1.29, 1.82) is 0 Å². The van der Waals surface area contributed by atoms with Crippen LogP contribution in [0.25, 0.3) is 11.1 Å². The van der Waals surface area contributed by atoms with Gasteiger partial charge in [-0.15, -0.1) is 0 Å². The molecule has 2 N–H and O–H groups in total. The average Bonchev–Trinajstić information content (AvgIpc) is 2.96. The third-order valence-corrected chi connectivity index (χ3v) is 6.70. The summed E-state index contributed by atoms with van der Waals surface area (Å²) >= 11 is 0. The lowest BCUT2D eigenvalue weighted by molar-refractivity contribution is 0.0950. The minimum Gasteiger partial charge on any atom is -0.497 e. The fraction of sp³-hybridized carbons (Fsp3) is 0.242. The SMILES string of the molecule is COc1cccc(CNC(=O)c2ccc(-c3cc(NC(=O)c4cc(C(C)(C)C)ccc4OC)cnc3C)cc2)c1. The van der Waals surface area contributed by atoms with Crippen LogP contribution in [0.15, 0.2) is 79.0 Å². The molecular weight excluding hydrogens is 502 g/mol. The molecule has 2 amide bonds. The maximum Gasteiger partial charge on any atom is 0.259 e. The van der Waals surface area contributed by atoms with Crippen LogP contribution in [0.1, 0.15) is 58.3 Å². The van der Waals surface area contributed by atoms with Crippen molar-refractivity contribution >= 4 is 17.5 Å². The Kier molecular flexibility index (Phi) is 8.53. The summed E-state index contributed by atoms with van der Waals surface area (Å²) in [7, 11) is 3.17. The number of aryl methyl sites for hydroxylation is 1. The largest absolute Gasteiger partial charge is 0.497 e. The molecule has 0 aliphatic carbocycles. The number of amides is 2. The Morgan fingerprint density at radius 3 is 2.30 bits per heavy atom. The summed E-state index contributed by atoms with van der Waals surface area (Å²) in [6.07, 6.45) is 1.64. The van der Waals surface area contributed by atoms with E-state index in [1.165, 1.54) is 0 Å². The molecule has 206 valence electrons. The fourth-order valence-corrected chi connectivity index (χ4v) is 4.31. The second-order valence-electron chi connectivity index (χ2n) is 10.6. The average molecular weight is 538 g/mol. The lowest BCUT2D eigenvalue weighted by Crippen LogP contribution is -2.22. The number of hydrogen-bond acceptors (Lipinski definition) is 5. The van der Waals surface area contributed by atoms with Crippen LogP contribution in [0, 0.1) is 6.92 Å². The van der Waals surface area contributed by atoms with Crippen LogP contribution in [-0.4, -0.2) is 31.0 Å². The fourth-order valence-electron chi connectivity index (χ4n) is 4.31. The van der Waals surface area contributed by atoms with Crippen molar-refractivity contribution in [2.45, 2.75) is 39.7 Å². The Morgan fingerprint density at radius 1 is 0.875 bits per heavy atom. The molecule has 0 fully saturated rings. The third kappa shape index (κ3) is 6.67. The van der Waals surface area contributed by atoms with E-state index in [0.29, 0.717) is 29.1 Å². The normalized spacial score (nSPS) is 11.1. The Balaban J connectivity index is 1.49. The number of aromatic nitrogens is 1. The van der Waals surface area contributed by atoms with Gasteiger partial charge in [0.05, 0.1) is 31.7 Å². The molecule has 7 heteroatoms. The first-order chi connectivity index (χ1) is 19.1. The molecule has 1 aromatic heterocycles. The predicted molar refractivity (Wildman–Crippen MR) is 158 cm³/mol. The maximum absolute atomic E-state index is 13.3. The molecular formula is C33H35N3O4. The van der Waals surface area contributed by atoms with Crippen LogP contribution >= 0.6 is 0 Å². The van der Waals surface area contributed by atoms with Gasteiger partial charge in [-0.3, -0.25) is 14.6 Å². The van der Waals surface area contributed by atoms with E-state index >= 15 is 0 Å². The zero-order valence-corrected chi connectivity index (χ0v) is 23.8. The van der Waals surface area contributed by atoms with Gasteiger partial charge < -0.3 is 20.1 Å². The predicted octanol–water partition coefficient (Wildman–Crippen LogP) is 6.55. The summed E-state index contributed by atoms with van der Waals surface area (Å²) in [5.74, 6) is 0.807. The smallest absolute Gasteiger partial charge is 0.259 e. The zero-order valence-electron chi connectivity index (χ0n) is 23.8. The van der Waals surface area contributed by atoms with Crippen molar-refractivity contribution in [1.82, 2.24) is 10.3 Å². The lowest BCUT2D eigenvalue weighted by atomic mass is 9.86. The molecule has 0 unspecified atom stereocenters. The van der Waals surface area contributed by atoms with Gasteiger partial charge in [-0.1, -0.05) is 51.1 Å². The molecule has 0 aliphatic heterocycles. The second-order valence-corrected chi connectivity index (χ2v) is 10.6. The van der Waals surface area contributed by atoms with E-state index in [4.69, 9.17) is 9.47 Å². The topological polar surface area (TPSA) is 89.6 Å². The van der Waals surface area contributed by atoms with Gasteiger partial charge in [-0.05, 0) is 71.5 Å². The highest BCUT2D eigenvalue weighted by Gasteiger charge is 2.20. The molecule has 0 bridgehead atoms. The maximum atomic E-state index is 13.3. The summed E-state index contributed by atoms with van der Waals surface area (Å²) in [6, 6.07) is 22.5. The standard InChI is InChI=1S/C33H35N3O4/c1-21-28(23-10-12-24(13-11-23)31(37)35-19-22-8-7-9-27(16-22)39-5)18-26(20-34-21)36-32(38)29-17-25(33(2,3)4)14-15-30(29)40-6/h7-18,20H,19H2,1-6H3,(H,35,37)(H,36,38). The Morgan fingerprint density at radius 2 is 1.62 bits per heavy atom. The molecule has 0 aliphatic rings. The molecule has 0 saturated heterocycles. The number of nitrogens with zero attached hydrogens (tertiary/aromatic N) is 1. The first-order valence-corrected chi connectivity index (χ1v) is 13.1. The zero-order chi connectivity index (χ0) is 28.9.